The van der Waals surface area contributed by atoms with Gasteiger partial charge < -0.3 is 25.3 Å². The zero-order chi connectivity index (χ0) is 13.5. The molecule has 0 heterocycles. The Morgan fingerprint density at radius 3 is 2.33 bits per heavy atom. The predicted molar refractivity (Wildman–Crippen MR) is 70.5 cm³/mol. The Hall–Kier alpha value is -2.11. The van der Waals surface area contributed by atoms with Gasteiger partial charge >= 0.3 is 0 Å². The molecule has 18 heavy (non-hydrogen) atoms. The number of nitrogens with two attached hydrogens (primary N) is 1. The van der Waals surface area contributed by atoms with Crippen LogP contribution in [0.4, 0.5) is 0 Å². The third kappa shape index (κ3) is 2.97. The SMILES string of the molecule is CN=C(N)NCc1ccc(OC)c(OC)c1OC. The second-order valence-electron chi connectivity index (χ2n) is 3.46. The molecule has 0 aliphatic carbocycles. The number of aliphatic imine (C=N–C) groups is 1. The van der Waals surface area contributed by atoms with E-state index in [2.05, 4.69) is 10.3 Å². The van der Waals surface area contributed by atoms with Crippen LogP contribution in [-0.4, -0.2) is 34.3 Å². The Labute approximate surface area is 107 Å². The van der Waals surface area contributed by atoms with Gasteiger partial charge in [-0.3, -0.25) is 4.99 Å². The summed E-state index contributed by atoms with van der Waals surface area (Å²) >= 11 is 0. The predicted octanol–water partition coefficient (Wildman–Crippen LogP) is 0.746. The van der Waals surface area contributed by atoms with E-state index in [0.717, 1.165) is 5.56 Å². The fourth-order valence-electron chi connectivity index (χ4n) is 1.57. The largest absolute Gasteiger partial charge is 0.493 e. The molecule has 3 N–H and O–H groups in total. The summed E-state index contributed by atoms with van der Waals surface area (Å²) in [5, 5.41) is 2.96. The fourth-order valence-corrected chi connectivity index (χ4v) is 1.57. The maximum Gasteiger partial charge on any atom is 0.203 e. The van der Waals surface area contributed by atoms with Gasteiger partial charge in [0, 0.05) is 19.2 Å². The molecule has 0 unspecified atom stereocenters. The highest BCUT2D eigenvalue weighted by molar-refractivity contribution is 5.77. The van der Waals surface area contributed by atoms with Gasteiger partial charge in [0.15, 0.2) is 17.5 Å². The molecule has 0 saturated carbocycles. The van der Waals surface area contributed by atoms with Crippen LogP contribution in [0.1, 0.15) is 5.56 Å². The average molecular weight is 253 g/mol. The highest BCUT2D eigenvalue weighted by Crippen LogP contribution is 2.39. The van der Waals surface area contributed by atoms with Gasteiger partial charge in [0.2, 0.25) is 5.75 Å². The van der Waals surface area contributed by atoms with Crippen LogP contribution in [0.15, 0.2) is 17.1 Å². The van der Waals surface area contributed by atoms with Crippen LogP contribution in [0.3, 0.4) is 0 Å². The molecule has 0 aliphatic heterocycles. The lowest BCUT2D eigenvalue weighted by Gasteiger charge is -2.16. The molecule has 0 fully saturated rings. The molecule has 1 rings (SSSR count). The molecule has 0 spiro atoms. The summed E-state index contributed by atoms with van der Waals surface area (Å²) in [6.45, 7) is 0.493. The summed E-state index contributed by atoms with van der Waals surface area (Å²) in [4.78, 5) is 3.82. The van der Waals surface area contributed by atoms with E-state index < -0.39 is 0 Å². The number of nitrogens with zero attached hydrogens (tertiary/aromatic N) is 1. The lowest BCUT2D eigenvalue weighted by Crippen LogP contribution is -2.30. The summed E-state index contributed by atoms with van der Waals surface area (Å²) in [6, 6.07) is 3.70. The van der Waals surface area contributed by atoms with Crippen molar-refractivity contribution < 1.29 is 14.2 Å². The molecule has 100 valence electrons. The van der Waals surface area contributed by atoms with E-state index in [-0.39, 0.29) is 0 Å². The van der Waals surface area contributed by atoms with Crippen molar-refractivity contribution in [1.82, 2.24) is 5.32 Å². The van der Waals surface area contributed by atoms with Crippen LogP contribution in [0.2, 0.25) is 0 Å². The van der Waals surface area contributed by atoms with Gasteiger partial charge in [-0.2, -0.15) is 0 Å². The third-order valence-corrected chi connectivity index (χ3v) is 2.49. The monoisotopic (exact) mass is 253 g/mol. The average Bonchev–Trinajstić information content (AvgIpc) is 2.43. The quantitative estimate of drug-likeness (QED) is 0.598. The number of hydrogen-bond acceptors (Lipinski definition) is 4. The lowest BCUT2D eigenvalue weighted by molar-refractivity contribution is 0.322. The van der Waals surface area contributed by atoms with Crippen molar-refractivity contribution in [3.05, 3.63) is 17.7 Å². The first-order valence-corrected chi connectivity index (χ1v) is 5.41. The van der Waals surface area contributed by atoms with E-state index in [1.54, 1.807) is 28.4 Å². The van der Waals surface area contributed by atoms with Gasteiger partial charge in [0.05, 0.1) is 21.3 Å². The Bertz CT molecular complexity index is 433. The lowest BCUT2D eigenvalue weighted by atomic mass is 10.1. The molecular weight excluding hydrogens is 234 g/mol. The second kappa shape index (κ2) is 6.58. The molecule has 0 atom stereocenters. The van der Waals surface area contributed by atoms with Crippen LogP contribution < -0.4 is 25.3 Å². The molecule has 0 aliphatic rings. The van der Waals surface area contributed by atoms with Gasteiger partial charge in [0.25, 0.3) is 0 Å². The summed E-state index contributed by atoms with van der Waals surface area (Å²) < 4.78 is 15.8. The normalized spacial score (nSPS) is 11.0. The first kappa shape index (κ1) is 14.0. The molecule has 1 aromatic carbocycles. The fraction of sp³-hybridized carbons (Fsp3) is 0.417. The smallest absolute Gasteiger partial charge is 0.203 e. The van der Waals surface area contributed by atoms with Crippen molar-refractivity contribution in [2.45, 2.75) is 6.54 Å². The standard InChI is InChI=1S/C12H19N3O3/c1-14-12(13)15-7-8-5-6-9(16-2)11(18-4)10(8)17-3/h5-6H,7H2,1-4H3,(H3,13,14,15). The van der Waals surface area contributed by atoms with Gasteiger partial charge in [-0.05, 0) is 12.1 Å². The second-order valence-corrected chi connectivity index (χ2v) is 3.46. The Morgan fingerprint density at radius 1 is 1.17 bits per heavy atom. The molecule has 6 nitrogen and oxygen atoms in total. The molecule has 6 heteroatoms. The van der Waals surface area contributed by atoms with E-state index >= 15 is 0 Å². The van der Waals surface area contributed by atoms with Crippen LogP contribution in [0.5, 0.6) is 17.2 Å². The topological polar surface area (TPSA) is 78.1 Å². The van der Waals surface area contributed by atoms with Crippen molar-refractivity contribution >= 4 is 5.96 Å². The van der Waals surface area contributed by atoms with E-state index in [1.807, 2.05) is 12.1 Å². The number of benzene rings is 1. The number of methoxy groups -OCH3 is 3. The maximum absolute atomic E-state index is 5.58. The van der Waals surface area contributed by atoms with Crippen LogP contribution >= 0.6 is 0 Å². The Morgan fingerprint density at radius 2 is 1.83 bits per heavy atom. The summed E-state index contributed by atoms with van der Waals surface area (Å²) in [5.41, 5.74) is 6.49. The van der Waals surface area contributed by atoms with E-state index in [4.69, 9.17) is 19.9 Å². The highest BCUT2D eigenvalue weighted by atomic mass is 16.5. The zero-order valence-corrected chi connectivity index (χ0v) is 11.1. The maximum atomic E-state index is 5.58. The molecule has 0 bridgehead atoms. The zero-order valence-electron chi connectivity index (χ0n) is 11.1. The van der Waals surface area contributed by atoms with E-state index in [9.17, 15) is 0 Å². The number of ether oxygens (including phenoxy) is 3. The first-order chi connectivity index (χ1) is 8.67. The molecule has 1 aromatic rings. The van der Waals surface area contributed by atoms with E-state index in [1.165, 1.54) is 0 Å². The first-order valence-electron chi connectivity index (χ1n) is 5.41. The number of nitrogens with one attached hydrogen (secondary N) is 1. The van der Waals surface area contributed by atoms with Crippen molar-refractivity contribution in [3.8, 4) is 17.2 Å². The molecule has 0 saturated heterocycles. The number of rotatable bonds is 5. The van der Waals surface area contributed by atoms with Gasteiger partial charge in [-0.1, -0.05) is 0 Å². The van der Waals surface area contributed by atoms with Crippen LogP contribution in [0, 0.1) is 0 Å². The third-order valence-electron chi connectivity index (χ3n) is 2.49. The minimum Gasteiger partial charge on any atom is -0.493 e. The Kier molecular flexibility index (Phi) is 5.10. The van der Waals surface area contributed by atoms with Crippen molar-refractivity contribution in [2.24, 2.45) is 10.7 Å². The molecule has 0 amide bonds. The van der Waals surface area contributed by atoms with Gasteiger partial charge in [-0.15, -0.1) is 0 Å². The number of hydrogen-bond donors (Lipinski definition) is 2. The highest BCUT2D eigenvalue weighted by Gasteiger charge is 2.15. The summed E-state index contributed by atoms with van der Waals surface area (Å²) in [6.07, 6.45) is 0. The molecule has 0 radical (unpaired) electrons. The number of guanidine groups is 1. The van der Waals surface area contributed by atoms with E-state index in [0.29, 0.717) is 29.8 Å². The minimum absolute atomic E-state index is 0.367. The van der Waals surface area contributed by atoms with Crippen molar-refractivity contribution in [1.29, 1.82) is 0 Å². The summed E-state index contributed by atoms with van der Waals surface area (Å²) in [7, 11) is 6.35. The summed E-state index contributed by atoms with van der Waals surface area (Å²) in [5.74, 6) is 2.17. The van der Waals surface area contributed by atoms with Gasteiger partial charge in [0.1, 0.15) is 0 Å². The Balaban J connectivity index is 3.05. The van der Waals surface area contributed by atoms with Crippen LogP contribution in [-0.2, 0) is 6.54 Å². The van der Waals surface area contributed by atoms with Crippen molar-refractivity contribution in [2.75, 3.05) is 28.4 Å². The van der Waals surface area contributed by atoms with Gasteiger partial charge in [-0.25, -0.2) is 0 Å². The molecule has 0 aromatic heterocycles. The van der Waals surface area contributed by atoms with Crippen molar-refractivity contribution in [3.63, 3.8) is 0 Å². The van der Waals surface area contributed by atoms with Crippen LogP contribution in [0.25, 0.3) is 0 Å². The minimum atomic E-state index is 0.367. The molecular formula is C12H19N3O3.